The highest BCUT2D eigenvalue weighted by Gasteiger charge is 2.23. The van der Waals surface area contributed by atoms with Gasteiger partial charge in [0.15, 0.2) is 0 Å². The molecule has 0 bridgehead atoms. The summed E-state index contributed by atoms with van der Waals surface area (Å²) in [5.41, 5.74) is -1.29. The van der Waals surface area contributed by atoms with E-state index in [4.69, 9.17) is 16.7 Å². The van der Waals surface area contributed by atoms with Gasteiger partial charge in [-0.25, -0.2) is 4.79 Å². The van der Waals surface area contributed by atoms with Gasteiger partial charge in [0.25, 0.3) is 5.69 Å². The monoisotopic (exact) mass is 281 g/mol. The number of alkyl halides is 3. The van der Waals surface area contributed by atoms with E-state index in [1.807, 2.05) is 0 Å². The van der Waals surface area contributed by atoms with E-state index >= 15 is 0 Å². The van der Waals surface area contributed by atoms with Crippen LogP contribution in [0.2, 0.25) is 0 Å². The van der Waals surface area contributed by atoms with Gasteiger partial charge in [-0.15, -0.1) is 11.6 Å². The Kier molecular flexibility index (Phi) is 4.38. The van der Waals surface area contributed by atoms with Gasteiger partial charge in [0.1, 0.15) is 11.3 Å². The van der Waals surface area contributed by atoms with E-state index in [-0.39, 0.29) is 11.4 Å². The van der Waals surface area contributed by atoms with Crippen molar-refractivity contribution < 1.29 is 28.3 Å². The summed E-state index contributed by atoms with van der Waals surface area (Å²) in [7, 11) is 0. The molecule has 0 aliphatic carbocycles. The van der Waals surface area contributed by atoms with Crippen molar-refractivity contribution >= 4 is 23.3 Å². The molecule has 0 fully saturated rings. The quantitative estimate of drug-likeness (QED) is 0.509. The van der Waals surface area contributed by atoms with Gasteiger partial charge in [-0.2, -0.15) is 8.78 Å². The first-order valence-corrected chi connectivity index (χ1v) is 4.95. The number of rotatable bonds is 5. The molecule has 1 aromatic carbocycles. The van der Waals surface area contributed by atoms with E-state index in [1.165, 1.54) is 0 Å². The Balaban J connectivity index is 3.42. The number of nitrogens with zero attached hydrogens (tertiary/aromatic N) is 1. The smallest absolute Gasteiger partial charge is 0.387 e. The molecule has 0 radical (unpaired) electrons. The number of benzene rings is 1. The molecule has 0 aromatic heterocycles. The van der Waals surface area contributed by atoms with Crippen LogP contribution in [0.25, 0.3) is 0 Å². The molecule has 1 rings (SSSR count). The third kappa shape index (κ3) is 3.04. The first-order valence-electron chi connectivity index (χ1n) is 4.42. The van der Waals surface area contributed by atoms with E-state index in [1.54, 1.807) is 0 Å². The van der Waals surface area contributed by atoms with Crippen LogP contribution in [0.1, 0.15) is 15.9 Å². The molecule has 0 saturated heterocycles. The molecule has 18 heavy (non-hydrogen) atoms. The van der Waals surface area contributed by atoms with Gasteiger partial charge in [-0.05, 0) is 6.07 Å². The fourth-order valence-electron chi connectivity index (χ4n) is 1.25. The minimum absolute atomic E-state index is 0.0966. The normalized spacial score (nSPS) is 10.4. The van der Waals surface area contributed by atoms with Crippen LogP contribution in [-0.2, 0) is 5.88 Å². The second kappa shape index (κ2) is 5.58. The van der Waals surface area contributed by atoms with E-state index in [0.29, 0.717) is 6.07 Å². The molecule has 9 heteroatoms. The molecular weight excluding hydrogens is 276 g/mol. The molecule has 0 unspecified atom stereocenters. The maximum absolute atomic E-state index is 12.1. The second-order valence-electron chi connectivity index (χ2n) is 3.05. The van der Waals surface area contributed by atoms with Crippen LogP contribution in [0.5, 0.6) is 5.75 Å². The number of ether oxygens (including phenoxy) is 1. The fourth-order valence-corrected chi connectivity index (χ4v) is 1.47. The largest absolute Gasteiger partial charge is 0.478 e. The molecule has 0 amide bonds. The Labute approximate surface area is 104 Å². The van der Waals surface area contributed by atoms with Crippen molar-refractivity contribution in [1.82, 2.24) is 0 Å². The first kappa shape index (κ1) is 14.1. The zero-order valence-electron chi connectivity index (χ0n) is 8.60. The van der Waals surface area contributed by atoms with Crippen LogP contribution in [0.4, 0.5) is 14.5 Å². The number of nitro benzene ring substituents is 1. The van der Waals surface area contributed by atoms with Crippen LogP contribution in [0, 0.1) is 10.1 Å². The third-order valence-electron chi connectivity index (χ3n) is 1.97. The number of halogens is 3. The van der Waals surface area contributed by atoms with E-state index < -0.39 is 34.5 Å². The lowest BCUT2D eigenvalue weighted by Gasteiger charge is -2.09. The summed E-state index contributed by atoms with van der Waals surface area (Å²) in [4.78, 5) is 20.6. The SMILES string of the molecule is O=C(O)c1cc(CCl)c([N+](=O)[O-])cc1OC(F)F. The van der Waals surface area contributed by atoms with E-state index in [0.717, 1.165) is 6.07 Å². The summed E-state index contributed by atoms with van der Waals surface area (Å²) >= 11 is 5.42. The molecule has 0 aliphatic heterocycles. The Bertz CT molecular complexity index is 494. The van der Waals surface area contributed by atoms with Crippen LogP contribution in [0.3, 0.4) is 0 Å². The number of carbonyl (C=O) groups is 1. The van der Waals surface area contributed by atoms with Crippen molar-refractivity contribution in [2.75, 3.05) is 0 Å². The molecule has 0 spiro atoms. The number of carboxylic acids is 1. The summed E-state index contributed by atoms with van der Waals surface area (Å²) in [6.07, 6.45) is 0. The molecule has 1 N–H and O–H groups in total. The number of nitro groups is 1. The highest BCUT2D eigenvalue weighted by atomic mass is 35.5. The Morgan fingerprint density at radius 3 is 2.56 bits per heavy atom. The Morgan fingerprint density at radius 2 is 2.17 bits per heavy atom. The average Bonchev–Trinajstić information content (AvgIpc) is 2.27. The van der Waals surface area contributed by atoms with Gasteiger partial charge in [-0.3, -0.25) is 10.1 Å². The van der Waals surface area contributed by atoms with Crippen LogP contribution >= 0.6 is 11.6 Å². The molecule has 0 aliphatic rings. The van der Waals surface area contributed by atoms with Crippen molar-refractivity contribution in [2.45, 2.75) is 12.5 Å². The number of hydrogen-bond donors (Lipinski definition) is 1. The molecule has 0 heterocycles. The summed E-state index contributed by atoms with van der Waals surface area (Å²) < 4.78 is 28.1. The maximum atomic E-state index is 12.1. The number of hydrogen-bond acceptors (Lipinski definition) is 4. The van der Waals surface area contributed by atoms with Crippen LogP contribution < -0.4 is 4.74 Å². The van der Waals surface area contributed by atoms with E-state index in [9.17, 15) is 23.7 Å². The standard InChI is InChI=1S/C9H6ClF2NO5/c10-3-4-1-5(8(14)15)7(18-9(11)12)2-6(4)13(16)17/h1-2,9H,3H2,(H,14,15). The molecule has 0 atom stereocenters. The van der Waals surface area contributed by atoms with Gasteiger partial charge in [0.2, 0.25) is 0 Å². The summed E-state index contributed by atoms with van der Waals surface area (Å²) in [6, 6.07) is 1.46. The average molecular weight is 282 g/mol. The second-order valence-corrected chi connectivity index (χ2v) is 3.32. The minimum atomic E-state index is -3.29. The lowest BCUT2D eigenvalue weighted by Crippen LogP contribution is -2.09. The van der Waals surface area contributed by atoms with Gasteiger partial charge < -0.3 is 9.84 Å². The molecular formula is C9H6ClF2NO5. The Morgan fingerprint density at radius 1 is 1.56 bits per heavy atom. The van der Waals surface area contributed by atoms with Gasteiger partial charge in [0, 0.05) is 5.56 Å². The first-order chi connectivity index (χ1) is 8.36. The Hall–Kier alpha value is -1.96. The van der Waals surface area contributed by atoms with Gasteiger partial charge >= 0.3 is 12.6 Å². The van der Waals surface area contributed by atoms with Crippen molar-refractivity contribution in [3.8, 4) is 5.75 Å². The van der Waals surface area contributed by atoms with Gasteiger partial charge in [-0.1, -0.05) is 0 Å². The van der Waals surface area contributed by atoms with Crippen molar-refractivity contribution in [3.63, 3.8) is 0 Å². The number of aromatic carboxylic acids is 1. The third-order valence-corrected chi connectivity index (χ3v) is 2.26. The zero-order chi connectivity index (χ0) is 13.9. The highest BCUT2D eigenvalue weighted by molar-refractivity contribution is 6.17. The lowest BCUT2D eigenvalue weighted by atomic mass is 10.1. The highest BCUT2D eigenvalue weighted by Crippen LogP contribution is 2.31. The topological polar surface area (TPSA) is 89.7 Å². The predicted octanol–water partition coefficient (Wildman–Crippen LogP) is 2.63. The fraction of sp³-hybridized carbons (Fsp3) is 0.222. The number of carboxylic acid groups (broad SMARTS) is 1. The molecule has 0 saturated carbocycles. The van der Waals surface area contributed by atoms with E-state index in [2.05, 4.69) is 4.74 Å². The summed E-state index contributed by atoms with van der Waals surface area (Å²) in [6.45, 7) is -3.29. The molecule has 1 aromatic rings. The van der Waals surface area contributed by atoms with Crippen LogP contribution in [-0.4, -0.2) is 22.6 Å². The zero-order valence-corrected chi connectivity index (χ0v) is 9.36. The minimum Gasteiger partial charge on any atom is -0.478 e. The molecule has 98 valence electrons. The lowest BCUT2D eigenvalue weighted by molar-refractivity contribution is -0.385. The van der Waals surface area contributed by atoms with Crippen molar-refractivity contribution in [2.24, 2.45) is 0 Å². The van der Waals surface area contributed by atoms with Crippen LogP contribution in [0.15, 0.2) is 12.1 Å². The van der Waals surface area contributed by atoms with Crippen molar-refractivity contribution in [1.29, 1.82) is 0 Å². The van der Waals surface area contributed by atoms with Crippen molar-refractivity contribution in [3.05, 3.63) is 33.4 Å². The summed E-state index contributed by atoms with van der Waals surface area (Å²) in [5, 5.41) is 19.4. The predicted molar refractivity (Wildman–Crippen MR) is 56.2 cm³/mol. The summed E-state index contributed by atoms with van der Waals surface area (Å²) in [5.74, 6) is -2.66. The molecule has 6 nitrogen and oxygen atoms in total. The maximum Gasteiger partial charge on any atom is 0.387 e. The van der Waals surface area contributed by atoms with Gasteiger partial charge in [0.05, 0.1) is 16.9 Å².